The van der Waals surface area contributed by atoms with Crippen molar-refractivity contribution in [3.8, 4) is 11.3 Å². The second-order valence-corrected chi connectivity index (χ2v) is 4.95. The lowest BCUT2D eigenvalue weighted by Gasteiger charge is -2.16. The first kappa shape index (κ1) is 13.2. The number of hydrogen-bond donors (Lipinski definition) is 2. The first-order chi connectivity index (χ1) is 8.85. The summed E-state index contributed by atoms with van der Waals surface area (Å²) in [6.07, 6.45) is 3.33. The molecule has 6 nitrogen and oxygen atoms in total. The maximum atomic E-state index is 10.9. The van der Waals surface area contributed by atoms with Crippen LogP contribution in [0.5, 0.6) is 0 Å². The SMILES string of the molecule is CC(C)(O)Cn1cc(-c2cccc(C(=O)O)n2)cn1. The van der Waals surface area contributed by atoms with Gasteiger partial charge in [-0.2, -0.15) is 5.10 Å². The summed E-state index contributed by atoms with van der Waals surface area (Å²) >= 11 is 0. The summed E-state index contributed by atoms with van der Waals surface area (Å²) in [7, 11) is 0. The number of rotatable bonds is 4. The molecule has 0 spiro atoms. The number of nitrogens with zero attached hydrogens (tertiary/aromatic N) is 3. The van der Waals surface area contributed by atoms with Gasteiger partial charge in [-0.1, -0.05) is 6.07 Å². The highest BCUT2D eigenvalue weighted by atomic mass is 16.4. The van der Waals surface area contributed by atoms with Gasteiger partial charge in [0.15, 0.2) is 0 Å². The van der Waals surface area contributed by atoms with Crippen molar-refractivity contribution in [2.45, 2.75) is 26.0 Å². The molecule has 2 aromatic rings. The van der Waals surface area contributed by atoms with Crippen molar-refractivity contribution in [2.24, 2.45) is 0 Å². The molecule has 2 aromatic heterocycles. The van der Waals surface area contributed by atoms with E-state index in [2.05, 4.69) is 10.1 Å². The van der Waals surface area contributed by atoms with Crippen LogP contribution in [0, 0.1) is 0 Å². The van der Waals surface area contributed by atoms with Crippen molar-refractivity contribution < 1.29 is 15.0 Å². The van der Waals surface area contributed by atoms with Gasteiger partial charge in [-0.3, -0.25) is 4.68 Å². The van der Waals surface area contributed by atoms with Crippen molar-refractivity contribution in [3.63, 3.8) is 0 Å². The number of pyridine rings is 1. The number of carboxylic acids is 1. The van der Waals surface area contributed by atoms with E-state index in [1.165, 1.54) is 6.07 Å². The Bertz CT molecular complexity index is 599. The lowest BCUT2D eigenvalue weighted by atomic mass is 10.1. The van der Waals surface area contributed by atoms with Gasteiger partial charge in [0.1, 0.15) is 5.69 Å². The van der Waals surface area contributed by atoms with Crippen LogP contribution in [0.2, 0.25) is 0 Å². The van der Waals surface area contributed by atoms with Gasteiger partial charge in [0.05, 0.1) is 24.0 Å². The molecule has 2 heterocycles. The zero-order chi connectivity index (χ0) is 14.0. The Kier molecular flexibility index (Phi) is 3.35. The predicted octanol–water partition coefficient (Wildman–Crippen LogP) is 1.41. The lowest BCUT2D eigenvalue weighted by molar-refractivity contribution is 0.0577. The summed E-state index contributed by atoms with van der Waals surface area (Å²) in [5.41, 5.74) is 0.390. The summed E-state index contributed by atoms with van der Waals surface area (Å²) in [6, 6.07) is 4.80. The molecule has 0 atom stereocenters. The third-order valence-corrected chi connectivity index (χ3v) is 2.45. The van der Waals surface area contributed by atoms with Crippen LogP contribution in [-0.2, 0) is 6.54 Å². The molecule has 0 fully saturated rings. The Morgan fingerprint density at radius 3 is 2.79 bits per heavy atom. The third kappa shape index (κ3) is 3.38. The second-order valence-electron chi connectivity index (χ2n) is 4.95. The molecule has 2 rings (SSSR count). The van der Waals surface area contributed by atoms with Crippen molar-refractivity contribution in [3.05, 3.63) is 36.3 Å². The summed E-state index contributed by atoms with van der Waals surface area (Å²) in [5.74, 6) is -1.06. The number of carboxylic acid groups (broad SMARTS) is 1. The molecule has 0 saturated heterocycles. The normalized spacial score (nSPS) is 11.5. The first-order valence-electron chi connectivity index (χ1n) is 5.81. The maximum absolute atomic E-state index is 10.9. The lowest BCUT2D eigenvalue weighted by Crippen LogP contribution is -2.26. The molecule has 0 unspecified atom stereocenters. The second kappa shape index (κ2) is 4.81. The van der Waals surface area contributed by atoms with Crippen molar-refractivity contribution in [1.82, 2.24) is 14.8 Å². The summed E-state index contributed by atoms with van der Waals surface area (Å²) in [4.78, 5) is 14.9. The van der Waals surface area contributed by atoms with Crippen LogP contribution < -0.4 is 0 Å². The Morgan fingerprint density at radius 1 is 1.42 bits per heavy atom. The van der Waals surface area contributed by atoms with Gasteiger partial charge < -0.3 is 10.2 Å². The van der Waals surface area contributed by atoms with Crippen LogP contribution in [0.3, 0.4) is 0 Å². The Morgan fingerprint density at radius 2 is 2.16 bits per heavy atom. The fourth-order valence-electron chi connectivity index (χ4n) is 1.69. The van der Waals surface area contributed by atoms with E-state index in [4.69, 9.17) is 5.11 Å². The molecule has 100 valence electrons. The molecule has 0 aliphatic rings. The van der Waals surface area contributed by atoms with Crippen LogP contribution >= 0.6 is 0 Å². The van der Waals surface area contributed by atoms with E-state index in [1.807, 2.05) is 0 Å². The Labute approximate surface area is 110 Å². The van der Waals surface area contributed by atoms with Gasteiger partial charge in [0.25, 0.3) is 0 Å². The van der Waals surface area contributed by atoms with E-state index < -0.39 is 11.6 Å². The molecule has 0 aliphatic carbocycles. The smallest absolute Gasteiger partial charge is 0.354 e. The highest BCUT2D eigenvalue weighted by Gasteiger charge is 2.15. The van der Waals surface area contributed by atoms with E-state index in [0.29, 0.717) is 17.8 Å². The third-order valence-electron chi connectivity index (χ3n) is 2.45. The van der Waals surface area contributed by atoms with Crippen LogP contribution in [0.25, 0.3) is 11.3 Å². The van der Waals surface area contributed by atoms with E-state index >= 15 is 0 Å². The molecular weight excluding hydrogens is 246 g/mol. The zero-order valence-corrected chi connectivity index (χ0v) is 10.7. The first-order valence-corrected chi connectivity index (χ1v) is 5.81. The average Bonchev–Trinajstić information content (AvgIpc) is 2.75. The van der Waals surface area contributed by atoms with E-state index in [-0.39, 0.29) is 5.69 Å². The number of aliphatic hydroxyl groups is 1. The Balaban J connectivity index is 2.28. The van der Waals surface area contributed by atoms with Crippen LogP contribution in [0.1, 0.15) is 24.3 Å². The molecule has 0 radical (unpaired) electrons. The summed E-state index contributed by atoms with van der Waals surface area (Å²) in [5, 5.41) is 22.7. The molecule has 0 bridgehead atoms. The van der Waals surface area contributed by atoms with Crippen molar-refractivity contribution in [2.75, 3.05) is 0 Å². The minimum atomic E-state index is -1.06. The molecule has 0 amide bonds. The number of hydrogen-bond acceptors (Lipinski definition) is 4. The van der Waals surface area contributed by atoms with Gasteiger partial charge >= 0.3 is 5.97 Å². The number of aromatic carboxylic acids is 1. The number of carbonyl (C=O) groups is 1. The molecule has 0 saturated carbocycles. The zero-order valence-electron chi connectivity index (χ0n) is 10.7. The minimum absolute atomic E-state index is 0.00672. The fraction of sp³-hybridized carbons (Fsp3) is 0.308. The van der Waals surface area contributed by atoms with Crippen molar-refractivity contribution >= 4 is 5.97 Å². The highest BCUT2D eigenvalue weighted by molar-refractivity contribution is 5.86. The summed E-state index contributed by atoms with van der Waals surface area (Å²) in [6.45, 7) is 3.74. The summed E-state index contributed by atoms with van der Waals surface area (Å²) < 4.78 is 1.60. The van der Waals surface area contributed by atoms with Gasteiger partial charge in [0, 0.05) is 11.8 Å². The van der Waals surface area contributed by atoms with Crippen LogP contribution in [-0.4, -0.2) is 36.5 Å². The molecular formula is C13H15N3O3. The fourth-order valence-corrected chi connectivity index (χ4v) is 1.69. The molecule has 0 aliphatic heterocycles. The van der Waals surface area contributed by atoms with Gasteiger partial charge in [0.2, 0.25) is 0 Å². The average molecular weight is 261 g/mol. The van der Waals surface area contributed by atoms with Crippen LogP contribution in [0.4, 0.5) is 0 Å². The predicted molar refractivity (Wildman–Crippen MR) is 68.7 cm³/mol. The number of aromatic nitrogens is 3. The van der Waals surface area contributed by atoms with Gasteiger partial charge in [-0.05, 0) is 26.0 Å². The topological polar surface area (TPSA) is 88.2 Å². The van der Waals surface area contributed by atoms with Crippen LogP contribution in [0.15, 0.2) is 30.6 Å². The minimum Gasteiger partial charge on any atom is -0.477 e. The van der Waals surface area contributed by atoms with Gasteiger partial charge in [-0.15, -0.1) is 0 Å². The van der Waals surface area contributed by atoms with Gasteiger partial charge in [-0.25, -0.2) is 9.78 Å². The van der Waals surface area contributed by atoms with E-state index in [1.54, 1.807) is 43.1 Å². The molecule has 19 heavy (non-hydrogen) atoms. The quantitative estimate of drug-likeness (QED) is 0.868. The monoisotopic (exact) mass is 261 g/mol. The highest BCUT2D eigenvalue weighted by Crippen LogP contribution is 2.17. The van der Waals surface area contributed by atoms with Crippen molar-refractivity contribution in [1.29, 1.82) is 0 Å². The van der Waals surface area contributed by atoms with E-state index in [0.717, 1.165) is 0 Å². The Hall–Kier alpha value is -2.21. The maximum Gasteiger partial charge on any atom is 0.354 e. The standard InChI is InChI=1S/C13H15N3O3/c1-13(2,19)8-16-7-9(6-14-16)10-4-3-5-11(15-10)12(17)18/h3-7,19H,8H2,1-2H3,(H,17,18). The van der Waals surface area contributed by atoms with E-state index in [9.17, 15) is 9.90 Å². The largest absolute Gasteiger partial charge is 0.477 e. The molecule has 0 aromatic carbocycles. The molecule has 6 heteroatoms. The molecule has 2 N–H and O–H groups in total.